The third-order valence-electron chi connectivity index (χ3n) is 4.89. The summed E-state index contributed by atoms with van der Waals surface area (Å²) >= 11 is 0. The molecular formula is C22H16N2O6. The molecule has 2 aromatic carbocycles. The number of hydrogen-bond acceptors (Lipinski definition) is 6. The molecule has 1 fully saturated rings. The molecule has 2 heterocycles. The first-order chi connectivity index (χ1) is 14.5. The van der Waals surface area contributed by atoms with Gasteiger partial charge in [-0.05, 0) is 17.7 Å². The van der Waals surface area contributed by atoms with Crippen molar-refractivity contribution < 1.29 is 24.0 Å². The number of carbonyl (C=O) groups excluding carboxylic acids is 2. The molecule has 3 aromatic rings. The fraction of sp³-hybridized carbons (Fsp3) is 0.0909. The molecule has 0 saturated carbocycles. The fourth-order valence-electron chi connectivity index (χ4n) is 3.52. The van der Waals surface area contributed by atoms with Crippen LogP contribution >= 0.6 is 0 Å². The number of likely N-dealkylation sites (tertiary alicyclic amines) is 1. The number of nitrogens with zero attached hydrogens (tertiary/aromatic N) is 2. The number of aliphatic hydroxyl groups excluding tert-OH is 1. The largest absolute Gasteiger partial charge is 0.507 e. The van der Waals surface area contributed by atoms with Gasteiger partial charge in [-0.1, -0.05) is 42.5 Å². The molecule has 30 heavy (non-hydrogen) atoms. The summed E-state index contributed by atoms with van der Waals surface area (Å²) in [4.78, 5) is 37.7. The average molecular weight is 404 g/mol. The number of nitro benzene ring substituents is 1. The Morgan fingerprint density at radius 1 is 1.07 bits per heavy atom. The van der Waals surface area contributed by atoms with Crippen LogP contribution < -0.4 is 0 Å². The number of non-ortho nitro benzene ring substituents is 1. The lowest BCUT2D eigenvalue weighted by Crippen LogP contribution is -2.29. The summed E-state index contributed by atoms with van der Waals surface area (Å²) in [5.74, 6) is -1.58. The lowest BCUT2D eigenvalue weighted by molar-refractivity contribution is -0.384. The van der Waals surface area contributed by atoms with Gasteiger partial charge in [0.2, 0.25) is 0 Å². The fourth-order valence-corrected chi connectivity index (χ4v) is 3.52. The van der Waals surface area contributed by atoms with Gasteiger partial charge in [-0.3, -0.25) is 19.7 Å². The van der Waals surface area contributed by atoms with Gasteiger partial charge in [-0.25, -0.2) is 0 Å². The van der Waals surface area contributed by atoms with Gasteiger partial charge in [0.15, 0.2) is 0 Å². The molecule has 150 valence electrons. The number of benzene rings is 2. The number of furan rings is 1. The molecule has 0 bridgehead atoms. The highest BCUT2D eigenvalue weighted by Gasteiger charge is 2.46. The highest BCUT2D eigenvalue weighted by Crippen LogP contribution is 2.41. The number of rotatable bonds is 5. The van der Waals surface area contributed by atoms with E-state index < -0.39 is 22.7 Å². The van der Waals surface area contributed by atoms with Crippen molar-refractivity contribution in [2.24, 2.45) is 0 Å². The topological polar surface area (TPSA) is 114 Å². The van der Waals surface area contributed by atoms with Crippen molar-refractivity contribution in [3.8, 4) is 0 Å². The van der Waals surface area contributed by atoms with E-state index in [1.165, 1.54) is 29.4 Å². The molecule has 1 atom stereocenters. The minimum absolute atomic E-state index is 0.0312. The molecule has 1 unspecified atom stereocenters. The van der Waals surface area contributed by atoms with E-state index in [2.05, 4.69) is 0 Å². The van der Waals surface area contributed by atoms with Crippen LogP contribution in [-0.4, -0.2) is 26.6 Å². The number of amides is 1. The summed E-state index contributed by atoms with van der Waals surface area (Å²) in [6.45, 7) is -0.0312. The van der Waals surface area contributed by atoms with Crippen LogP contribution in [0.4, 0.5) is 5.69 Å². The summed E-state index contributed by atoms with van der Waals surface area (Å²) < 4.78 is 5.31. The van der Waals surface area contributed by atoms with E-state index in [1.54, 1.807) is 48.5 Å². The molecule has 1 aromatic heterocycles. The Balaban J connectivity index is 1.89. The molecule has 1 amide bonds. The smallest absolute Gasteiger partial charge is 0.296 e. The van der Waals surface area contributed by atoms with Crippen molar-refractivity contribution in [3.05, 3.63) is 106 Å². The maximum Gasteiger partial charge on any atom is 0.296 e. The molecule has 0 spiro atoms. The first kappa shape index (κ1) is 19.1. The van der Waals surface area contributed by atoms with Gasteiger partial charge in [0.25, 0.3) is 17.4 Å². The van der Waals surface area contributed by atoms with Gasteiger partial charge in [-0.15, -0.1) is 0 Å². The first-order valence-electron chi connectivity index (χ1n) is 9.08. The van der Waals surface area contributed by atoms with E-state index in [0.717, 1.165) is 0 Å². The monoisotopic (exact) mass is 404 g/mol. The van der Waals surface area contributed by atoms with Crippen LogP contribution in [0.15, 0.2) is 83.0 Å². The Bertz CT molecular complexity index is 1150. The van der Waals surface area contributed by atoms with Gasteiger partial charge in [0.1, 0.15) is 11.5 Å². The Morgan fingerprint density at radius 3 is 2.50 bits per heavy atom. The highest BCUT2D eigenvalue weighted by molar-refractivity contribution is 6.46. The minimum atomic E-state index is -1.00. The average Bonchev–Trinajstić information content (AvgIpc) is 3.36. The third kappa shape index (κ3) is 3.35. The molecule has 4 rings (SSSR count). The van der Waals surface area contributed by atoms with Gasteiger partial charge in [-0.2, -0.15) is 0 Å². The van der Waals surface area contributed by atoms with Gasteiger partial charge in [0, 0.05) is 17.7 Å². The number of Topliss-reactive ketones (excluding diaryl/α,β-unsaturated/α-hetero) is 1. The van der Waals surface area contributed by atoms with Crippen LogP contribution in [0, 0.1) is 10.1 Å². The van der Waals surface area contributed by atoms with Crippen LogP contribution in [-0.2, 0) is 16.1 Å². The van der Waals surface area contributed by atoms with Gasteiger partial charge >= 0.3 is 0 Å². The van der Waals surface area contributed by atoms with Crippen molar-refractivity contribution in [3.63, 3.8) is 0 Å². The Kier molecular flexibility index (Phi) is 4.89. The van der Waals surface area contributed by atoms with Crippen molar-refractivity contribution in [1.82, 2.24) is 4.90 Å². The summed E-state index contributed by atoms with van der Waals surface area (Å²) in [6.07, 6.45) is 1.44. The lowest BCUT2D eigenvalue weighted by Gasteiger charge is -2.24. The predicted molar refractivity (Wildman–Crippen MR) is 106 cm³/mol. The molecule has 8 nitrogen and oxygen atoms in total. The van der Waals surface area contributed by atoms with Crippen LogP contribution in [0.25, 0.3) is 5.76 Å². The maximum atomic E-state index is 12.9. The van der Waals surface area contributed by atoms with E-state index >= 15 is 0 Å². The number of hydrogen-bond donors (Lipinski definition) is 1. The van der Waals surface area contributed by atoms with Crippen molar-refractivity contribution in [1.29, 1.82) is 0 Å². The van der Waals surface area contributed by atoms with E-state index in [-0.39, 0.29) is 23.6 Å². The molecule has 1 aliphatic heterocycles. The van der Waals surface area contributed by atoms with Crippen LogP contribution in [0.1, 0.15) is 22.9 Å². The molecule has 0 radical (unpaired) electrons. The number of aliphatic hydroxyl groups is 1. The molecule has 1 N–H and O–H groups in total. The predicted octanol–water partition coefficient (Wildman–Crippen LogP) is 3.81. The molecule has 8 heteroatoms. The zero-order valence-corrected chi connectivity index (χ0v) is 15.6. The Morgan fingerprint density at radius 2 is 1.83 bits per heavy atom. The molecule has 1 aliphatic rings. The number of ketones is 1. The molecule has 0 aliphatic carbocycles. The van der Waals surface area contributed by atoms with Crippen LogP contribution in [0.5, 0.6) is 0 Å². The lowest BCUT2D eigenvalue weighted by atomic mass is 9.95. The first-order valence-corrected chi connectivity index (χ1v) is 9.08. The number of carbonyl (C=O) groups is 2. The quantitative estimate of drug-likeness (QED) is 0.227. The summed E-state index contributed by atoms with van der Waals surface area (Å²) in [7, 11) is 0. The van der Waals surface area contributed by atoms with Gasteiger partial charge < -0.3 is 14.4 Å². The standard InChI is InChI=1S/C22H16N2O6/c25-20(14-6-2-1-3-7-14)18-19(15-8-4-9-16(12-15)24(28)29)23(22(27)21(18)26)13-17-10-5-11-30-17/h1-12,19,25H,13H2. The maximum absolute atomic E-state index is 12.9. The SMILES string of the molecule is O=C1C(=O)N(Cc2ccco2)C(c2cccc([N+](=O)[O-])c2)C1=C(O)c1ccccc1. The zero-order chi connectivity index (χ0) is 21.3. The van der Waals surface area contributed by atoms with Crippen molar-refractivity contribution in [2.45, 2.75) is 12.6 Å². The van der Waals surface area contributed by atoms with E-state index in [4.69, 9.17) is 4.42 Å². The van der Waals surface area contributed by atoms with E-state index in [1.807, 2.05) is 0 Å². The third-order valence-corrected chi connectivity index (χ3v) is 4.89. The van der Waals surface area contributed by atoms with Crippen molar-refractivity contribution in [2.75, 3.05) is 0 Å². The minimum Gasteiger partial charge on any atom is -0.507 e. The van der Waals surface area contributed by atoms with Crippen LogP contribution in [0.2, 0.25) is 0 Å². The molecule has 1 saturated heterocycles. The normalized spacial score (nSPS) is 18.0. The van der Waals surface area contributed by atoms with E-state index in [9.17, 15) is 24.8 Å². The molecular weight excluding hydrogens is 388 g/mol. The van der Waals surface area contributed by atoms with E-state index in [0.29, 0.717) is 16.9 Å². The second-order valence-electron chi connectivity index (χ2n) is 6.72. The van der Waals surface area contributed by atoms with Gasteiger partial charge in [0.05, 0.1) is 29.3 Å². The highest BCUT2D eigenvalue weighted by atomic mass is 16.6. The summed E-state index contributed by atoms with van der Waals surface area (Å²) in [6, 6.07) is 16.3. The summed E-state index contributed by atoms with van der Waals surface area (Å²) in [5, 5.41) is 22.1. The summed E-state index contributed by atoms with van der Waals surface area (Å²) in [5.41, 5.74) is 0.394. The van der Waals surface area contributed by atoms with Crippen molar-refractivity contribution >= 4 is 23.1 Å². The Labute approximate surface area is 170 Å². The second kappa shape index (κ2) is 7.67. The van der Waals surface area contributed by atoms with Crippen LogP contribution in [0.3, 0.4) is 0 Å². The zero-order valence-electron chi connectivity index (χ0n) is 15.6. The number of nitro groups is 1. The Hall–Kier alpha value is -4.20. The second-order valence-corrected chi connectivity index (χ2v) is 6.72.